The Hall–Kier alpha value is -2.15. The number of aryl methyl sites for hydroxylation is 2. The second-order valence-electron chi connectivity index (χ2n) is 4.45. The maximum absolute atomic E-state index is 6.01. The summed E-state index contributed by atoms with van der Waals surface area (Å²) >= 11 is 3.40. The lowest BCUT2D eigenvalue weighted by Gasteiger charge is -2.12. The van der Waals surface area contributed by atoms with Gasteiger partial charge in [-0.05, 0) is 31.5 Å². The van der Waals surface area contributed by atoms with Crippen LogP contribution < -0.4 is 10.5 Å². The lowest BCUT2D eigenvalue weighted by atomic mass is 10.2. The van der Waals surface area contributed by atoms with Gasteiger partial charge >= 0.3 is 0 Å². The number of anilines is 1. The van der Waals surface area contributed by atoms with Crippen LogP contribution in [0.25, 0.3) is 5.78 Å². The summed E-state index contributed by atoms with van der Waals surface area (Å²) < 4.78 is 8.37. The van der Waals surface area contributed by atoms with Gasteiger partial charge in [-0.3, -0.25) is 0 Å². The van der Waals surface area contributed by atoms with Gasteiger partial charge in [-0.1, -0.05) is 15.9 Å². The largest absolute Gasteiger partial charge is 0.436 e. The molecule has 0 radical (unpaired) electrons. The van der Waals surface area contributed by atoms with Crippen molar-refractivity contribution in [3.05, 3.63) is 40.3 Å². The van der Waals surface area contributed by atoms with Crippen LogP contribution >= 0.6 is 15.9 Å². The molecule has 0 saturated carbocycles. The van der Waals surface area contributed by atoms with E-state index in [1.165, 1.54) is 10.8 Å². The monoisotopic (exact) mass is 333 g/mol. The highest BCUT2D eigenvalue weighted by atomic mass is 79.9. The molecular weight excluding hydrogens is 322 g/mol. The maximum Gasteiger partial charge on any atom is 0.255 e. The van der Waals surface area contributed by atoms with Crippen molar-refractivity contribution in [1.82, 2.24) is 19.6 Å². The van der Waals surface area contributed by atoms with E-state index in [4.69, 9.17) is 10.5 Å². The van der Waals surface area contributed by atoms with Crippen molar-refractivity contribution in [3.63, 3.8) is 0 Å². The maximum atomic E-state index is 6.01. The van der Waals surface area contributed by atoms with E-state index in [1.807, 2.05) is 19.9 Å². The van der Waals surface area contributed by atoms with Gasteiger partial charge in [0.15, 0.2) is 5.75 Å². The topological polar surface area (TPSA) is 78.3 Å². The van der Waals surface area contributed by atoms with Crippen LogP contribution in [0.1, 0.15) is 11.3 Å². The third-order valence-electron chi connectivity index (χ3n) is 2.82. The average Bonchev–Trinajstić information content (AvgIpc) is 2.81. The van der Waals surface area contributed by atoms with Gasteiger partial charge in [-0.15, -0.1) is 0 Å². The van der Waals surface area contributed by atoms with E-state index in [0.717, 1.165) is 15.7 Å². The summed E-state index contributed by atoms with van der Waals surface area (Å²) in [5.41, 5.74) is 8.30. The number of hydrogen-bond donors (Lipinski definition) is 1. The Morgan fingerprint density at radius 1 is 1.25 bits per heavy atom. The fourth-order valence-electron chi connectivity index (χ4n) is 1.97. The lowest BCUT2D eigenvalue weighted by Crippen LogP contribution is -2.02. The molecule has 7 heteroatoms. The molecule has 3 aromatic rings. The summed E-state index contributed by atoms with van der Waals surface area (Å²) in [6, 6.07) is 5.54. The van der Waals surface area contributed by atoms with Crippen molar-refractivity contribution in [2.24, 2.45) is 0 Å². The predicted molar refractivity (Wildman–Crippen MR) is 78.9 cm³/mol. The third-order valence-corrected chi connectivity index (χ3v) is 3.28. The summed E-state index contributed by atoms with van der Waals surface area (Å²) in [5, 5.41) is 4.10. The molecule has 0 spiro atoms. The molecule has 0 amide bonds. The van der Waals surface area contributed by atoms with Gasteiger partial charge in [0.05, 0.1) is 5.69 Å². The Morgan fingerprint density at radius 2 is 2.05 bits per heavy atom. The number of nitrogen functional groups attached to an aromatic ring is 1. The minimum absolute atomic E-state index is 0.494. The van der Waals surface area contributed by atoms with E-state index in [0.29, 0.717) is 23.1 Å². The second-order valence-corrected chi connectivity index (χ2v) is 5.37. The minimum atomic E-state index is 0.494. The zero-order chi connectivity index (χ0) is 14.3. The molecule has 3 rings (SSSR count). The van der Waals surface area contributed by atoms with Gasteiger partial charge in [-0.2, -0.15) is 14.6 Å². The molecule has 0 bridgehead atoms. The van der Waals surface area contributed by atoms with Crippen molar-refractivity contribution < 1.29 is 4.74 Å². The Labute approximate surface area is 123 Å². The predicted octanol–water partition coefficient (Wildman–Crippen LogP) is 2.88. The summed E-state index contributed by atoms with van der Waals surface area (Å²) in [6.07, 6.45) is 1.44. The van der Waals surface area contributed by atoms with Crippen LogP contribution in [0.4, 0.5) is 5.69 Å². The highest BCUT2D eigenvalue weighted by Gasteiger charge is 2.12. The molecule has 1 aromatic carbocycles. The number of benzene rings is 1. The highest BCUT2D eigenvalue weighted by molar-refractivity contribution is 9.10. The Kier molecular flexibility index (Phi) is 3.06. The smallest absolute Gasteiger partial charge is 0.255 e. The first-order valence-electron chi connectivity index (χ1n) is 5.95. The molecule has 6 nitrogen and oxygen atoms in total. The molecule has 0 atom stereocenters. The Balaban J connectivity index is 2.12. The fourth-order valence-corrected chi connectivity index (χ4v) is 2.56. The molecule has 0 unspecified atom stereocenters. The van der Waals surface area contributed by atoms with Crippen molar-refractivity contribution >= 4 is 27.4 Å². The lowest BCUT2D eigenvalue weighted by molar-refractivity contribution is 0.444. The van der Waals surface area contributed by atoms with Crippen molar-refractivity contribution in [2.75, 3.05) is 5.73 Å². The van der Waals surface area contributed by atoms with Crippen LogP contribution in [0, 0.1) is 13.8 Å². The molecule has 0 saturated heterocycles. The first-order valence-corrected chi connectivity index (χ1v) is 6.75. The second kappa shape index (κ2) is 4.75. The molecule has 0 aliphatic carbocycles. The van der Waals surface area contributed by atoms with Crippen LogP contribution in [0.3, 0.4) is 0 Å². The van der Waals surface area contributed by atoms with E-state index in [2.05, 4.69) is 31.0 Å². The summed E-state index contributed by atoms with van der Waals surface area (Å²) in [4.78, 5) is 8.33. The number of nitrogens with zero attached hydrogens (tertiary/aromatic N) is 4. The molecule has 0 aliphatic rings. The quantitative estimate of drug-likeness (QED) is 0.729. The van der Waals surface area contributed by atoms with E-state index in [9.17, 15) is 0 Å². The molecule has 20 heavy (non-hydrogen) atoms. The van der Waals surface area contributed by atoms with E-state index in [-0.39, 0.29) is 0 Å². The average molecular weight is 334 g/mol. The zero-order valence-corrected chi connectivity index (χ0v) is 12.5. The minimum Gasteiger partial charge on any atom is -0.436 e. The summed E-state index contributed by atoms with van der Waals surface area (Å²) in [6.45, 7) is 3.81. The number of nitrogens with two attached hydrogens (primary N) is 1. The first kappa shape index (κ1) is 12.9. The van der Waals surface area contributed by atoms with Crippen molar-refractivity contribution in [2.45, 2.75) is 13.8 Å². The normalized spacial score (nSPS) is 10.9. The van der Waals surface area contributed by atoms with Crippen LogP contribution in [-0.4, -0.2) is 19.6 Å². The van der Waals surface area contributed by atoms with Gasteiger partial charge in [0.25, 0.3) is 5.78 Å². The molecule has 2 N–H and O–H groups in total. The zero-order valence-electron chi connectivity index (χ0n) is 11.0. The molecule has 2 heterocycles. The third kappa shape index (κ3) is 2.20. The number of halogens is 1. The van der Waals surface area contributed by atoms with Gasteiger partial charge in [0.2, 0.25) is 5.88 Å². The van der Waals surface area contributed by atoms with Gasteiger partial charge in [0, 0.05) is 16.2 Å². The van der Waals surface area contributed by atoms with Crippen LogP contribution in [0.15, 0.2) is 29.0 Å². The van der Waals surface area contributed by atoms with Crippen molar-refractivity contribution in [3.8, 4) is 11.6 Å². The highest BCUT2D eigenvalue weighted by Crippen LogP contribution is 2.33. The van der Waals surface area contributed by atoms with Crippen LogP contribution in [0.5, 0.6) is 11.6 Å². The first-order chi connectivity index (χ1) is 9.54. The Bertz CT molecular complexity index is 776. The van der Waals surface area contributed by atoms with Crippen LogP contribution in [0.2, 0.25) is 0 Å². The number of aromatic nitrogens is 4. The summed E-state index contributed by atoms with van der Waals surface area (Å²) in [7, 11) is 0. The SMILES string of the molecule is Cc1cc(Oc2c(C)cc(Br)cc2N)n2ncnc2n1. The van der Waals surface area contributed by atoms with E-state index < -0.39 is 0 Å². The molecular formula is C13H12BrN5O. The van der Waals surface area contributed by atoms with Crippen molar-refractivity contribution in [1.29, 1.82) is 0 Å². The van der Waals surface area contributed by atoms with Gasteiger partial charge in [-0.25, -0.2) is 4.98 Å². The molecule has 102 valence electrons. The molecule has 0 fully saturated rings. The Morgan fingerprint density at radius 3 is 2.80 bits per heavy atom. The van der Waals surface area contributed by atoms with E-state index >= 15 is 0 Å². The number of rotatable bonds is 2. The number of hydrogen-bond acceptors (Lipinski definition) is 5. The molecule has 2 aromatic heterocycles. The number of ether oxygens (including phenoxy) is 1. The van der Waals surface area contributed by atoms with E-state index in [1.54, 1.807) is 12.1 Å². The van der Waals surface area contributed by atoms with Gasteiger partial charge in [0.1, 0.15) is 6.33 Å². The molecule has 0 aliphatic heterocycles. The van der Waals surface area contributed by atoms with Gasteiger partial charge < -0.3 is 10.5 Å². The standard InChI is InChI=1S/C13H12BrN5O/c1-7-3-9(14)5-10(15)12(7)20-11-4-8(2)18-13-16-6-17-19(11)13/h3-6H,15H2,1-2H3. The van der Waals surface area contributed by atoms with Crippen LogP contribution in [-0.2, 0) is 0 Å². The fraction of sp³-hybridized carbons (Fsp3) is 0.154. The summed E-state index contributed by atoms with van der Waals surface area (Å²) in [5.74, 6) is 1.63. The number of fused-ring (bicyclic) bond motifs is 1.